The van der Waals surface area contributed by atoms with Crippen molar-refractivity contribution in [3.63, 3.8) is 0 Å². The minimum atomic E-state index is 0.0455. The summed E-state index contributed by atoms with van der Waals surface area (Å²) in [7, 11) is 3.97. The Kier molecular flexibility index (Phi) is 4.77. The fourth-order valence-corrected chi connectivity index (χ4v) is 1.52. The molecule has 3 nitrogen and oxygen atoms in total. The van der Waals surface area contributed by atoms with Crippen LogP contribution < -0.4 is 4.90 Å². The topological polar surface area (TPSA) is 23.6 Å². The molecule has 1 amide bonds. The molecule has 0 bridgehead atoms. The quantitative estimate of drug-likeness (QED) is 0.806. The highest BCUT2D eigenvalue weighted by molar-refractivity contribution is 6.30. The van der Waals surface area contributed by atoms with Crippen molar-refractivity contribution in [2.75, 3.05) is 32.1 Å². The van der Waals surface area contributed by atoms with Crippen molar-refractivity contribution < 1.29 is 4.79 Å². The van der Waals surface area contributed by atoms with E-state index in [9.17, 15) is 4.79 Å². The van der Waals surface area contributed by atoms with E-state index in [4.69, 9.17) is 11.6 Å². The fourth-order valence-electron chi connectivity index (χ4n) is 1.39. The molecule has 16 heavy (non-hydrogen) atoms. The van der Waals surface area contributed by atoms with Gasteiger partial charge >= 0.3 is 0 Å². The third-order valence-corrected chi connectivity index (χ3v) is 2.54. The summed E-state index contributed by atoms with van der Waals surface area (Å²) in [5, 5.41) is 0.680. The predicted octanol–water partition coefficient (Wildman–Crippen LogP) is 2.25. The van der Waals surface area contributed by atoms with Crippen molar-refractivity contribution in [3.8, 4) is 0 Å². The second kappa shape index (κ2) is 5.87. The second-order valence-corrected chi connectivity index (χ2v) is 4.39. The average Bonchev–Trinajstić information content (AvgIpc) is 2.20. The van der Waals surface area contributed by atoms with Gasteiger partial charge in [0.15, 0.2) is 0 Å². The Balaban J connectivity index is 2.77. The van der Waals surface area contributed by atoms with Gasteiger partial charge in [0.25, 0.3) is 0 Å². The first-order valence-corrected chi connectivity index (χ1v) is 5.57. The summed E-state index contributed by atoms with van der Waals surface area (Å²) in [6.45, 7) is 3.09. The van der Waals surface area contributed by atoms with Gasteiger partial charge in [0.1, 0.15) is 0 Å². The molecular formula is C12H17ClN2O. The van der Waals surface area contributed by atoms with Crippen LogP contribution >= 0.6 is 11.6 Å². The van der Waals surface area contributed by atoms with Gasteiger partial charge in [-0.25, -0.2) is 0 Å². The summed E-state index contributed by atoms with van der Waals surface area (Å²) in [6, 6.07) is 7.31. The molecular weight excluding hydrogens is 224 g/mol. The standard InChI is InChI=1S/C12H17ClN2O/c1-10(16)15(9-8-14(2)3)12-6-4-11(13)5-7-12/h4-7H,8-9H2,1-3H3. The van der Waals surface area contributed by atoms with Gasteiger partial charge in [-0.2, -0.15) is 0 Å². The highest BCUT2D eigenvalue weighted by Crippen LogP contribution is 2.17. The zero-order chi connectivity index (χ0) is 12.1. The largest absolute Gasteiger partial charge is 0.311 e. The van der Waals surface area contributed by atoms with Crippen molar-refractivity contribution in [3.05, 3.63) is 29.3 Å². The number of halogens is 1. The zero-order valence-electron chi connectivity index (χ0n) is 9.90. The predicted molar refractivity (Wildman–Crippen MR) is 68.0 cm³/mol. The van der Waals surface area contributed by atoms with Crippen LogP contribution in [0.4, 0.5) is 5.69 Å². The van der Waals surface area contributed by atoms with Crippen LogP contribution in [0.15, 0.2) is 24.3 Å². The highest BCUT2D eigenvalue weighted by atomic mass is 35.5. The molecule has 0 heterocycles. The van der Waals surface area contributed by atoms with E-state index in [2.05, 4.69) is 0 Å². The summed E-state index contributed by atoms with van der Waals surface area (Å²) in [6.07, 6.45) is 0. The van der Waals surface area contributed by atoms with E-state index in [1.807, 2.05) is 31.1 Å². The molecule has 0 saturated carbocycles. The molecule has 88 valence electrons. The average molecular weight is 241 g/mol. The lowest BCUT2D eigenvalue weighted by molar-refractivity contribution is -0.116. The summed E-state index contributed by atoms with van der Waals surface area (Å²) in [4.78, 5) is 15.3. The van der Waals surface area contributed by atoms with E-state index in [-0.39, 0.29) is 5.91 Å². The normalized spacial score (nSPS) is 10.6. The molecule has 0 aromatic heterocycles. The Morgan fingerprint density at radius 2 is 1.75 bits per heavy atom. The van der Waals surface area contributed by atoms with Crippen molar-refractivity contribution in [2.45, 2.75) is 6.92 Å². The monoisotopic (exact) mass is 240 g/mol. The minimum Gasteiger partial charge on any atom is -0.311 e. The Labute approximate surface area is 102 Å². The van der Waals surface area contributed by atoms with E-state index in [0.717, 1.165) is 12.2 Å². The highest BCUT2D eigenvalue weighted by Gasteiger charge is 2.10. The summed E-state index contributed by atoms with van der Waals surface area (Å²) in [5.74, 6) is 0.0455. The number of benzene rings is 1. The molecule has 0 aliphatic heterocycles. The maximum absolute atomic E-state index is 11.5. The van der Waals surface area contributed by atoms with E-state index in [1.54, 1.807) is 24.0 Å². The molecule has 1 aromatic carbocycles. The Morgan fingerprint density at radius 3 is 2.19 bits per heavy atom. The van der Waals surface area contributed by atoms with Crippen LogP contribution in [0, 0.1) is 0 Å². The van der Waals surface area contributed by atoms with Crippen LogP contribution in [-0.4, -0.2) is 38.0 Å². The van der Waals surface area contributed by atoms with Crippen molar-refractivity contribution >= 4 is 23.2 Å². The number of carbonyl (C=O) groups is 1. The van der Waals surface area contributed by atoms with Gasteiger partial charge < -0.3 is 9.80 Å². The molecule has 4 heteroatoms. The number of hydrogen-bond acceptors (Lipinski definition) is 2. The van der Waals surface area contributed by atoms with Crippen LogP contribution in [-0.2, 0) is 4.79 Å². The maximum atomic E-state index is 11.5. The van der Waals surface area contributed by atoms with Gasteiger partial charge in [0.2, 0.25) is 5.91 Å². The summed E-state index contributed by atoms with van der Waals surface area (Å²) >= 11 is 5.81. The molecule has 0 radical (unpaired) electrons. The third-order valence-electron chi connectivity index (χ3n) is 2.29. The molecule has 0 N–H and O–H groups in total. The molecule has 0 fully saturated rings. The van der Waals surface area contributed by atoms with Gasteiger partial charge in [-0.05, 0) is 38.4 Å². The SMILES string of the molecule is CC(=O)N(CCN(C)C)c1ccc(Cl)cc1. The van der Waals surface area contributed by atoms with E-state index >= 15 is 0 Å². The maximum Gasteiger partial charge on any atom is 0.223 e. The van der Waals surface area contributed by atoms with Crippen molar-refractivity contribution in [1.29, 1.82) is 0 Å². The third kappa shape index (κ3) is 3.83. The van der Waals surface area contributed by atoms with Crippen LogP contribution in [0.3, 0.4) is 0 Å². The van der Waals surface area contributed by atoms with Crippen LogP contribution in [0.1, 0.15) is 6.92 Å². The van der Waals surface area contributed by atoms with Crippen molar-refractivity contribution in [2.24, 2.45) is 0 Å². The second-order valence-electron chi connectivity index (χ2n) is 3.95. The number of amides is 1. The van der Waals surface area contributed by atoms with E-state index in [0.29, 0.717) is 11.6 Å². The molecule has 1 aromatic rings. The Hall–Kier alpha value is -1.06. The number of nitrogens with zero attached hydrogens (tertiary/aromatic N) is 2. The Bertz CT molecular complexity index is 349. The molecule has 0 atom stereocenters. The van der Waals surface area contributed by atoms with Gasteiger partial charge in [-0.15, -0.1) is 0 Å². The number of likely N-dealkylation sites (N-methyl/N-ethyl adjacent to an activating group) is 1. The minimum absolute atomic E-state index is 0.0455. The van der Waals surface area contributed by atoms with Gasteiger partial charge in [-0.1, -0.05) is 11.6 Å². The first-order valence-electron chi connectivity index (χ1n) is 5.19. The number of anilines is 1. The first kappa shape index (κ1) is 13.0. The zero-order valence-corrected chi connectivity index (χ0v) is 10.7. The molecule has 0 aliphatic carbocycles. The van der Waals surface area contributed by atoms with Crippen LogP contribution in [0.5, 0.6) is 0 Å². The lowest BCUT2D eigenvalue weighted by atomic mass is 10.3. The van der Waals surface area contributed by atoms with E-state index in [1.165, 1.54) is 0 Å². The number of hydrogen-bond donors (Lipinski definition) is 0. The smallest absolute Gasteiger partial charge is 0.223 e. The first-order chi connectivity index (χ1) is 7.50. The lowest BCUT2D eigenvalue weighted by Crippen LogP contribution is -2.35. The molecule has 0 spiro atoms. The molecule has 0 aliphatic rings. The van der Waals surface area contributed by atoms with Gasteiger partial charge in [0.05, 0.1) is 0 Å². The molecule has 0 saturated heterocycles. The van der Waals surface area contributed by atoms with Gasteiger partial charge in [0, 0.05) is 30.7 Å². The summed E-state index contributed by atoms with van der Waals surface area (Å²) in [5.41, 5.74) is 0.888. The number of carbonyl (C=O) groups excluding carboxylic acids is 1. The summed E-state index contributed by atoms with van der Waals surface area (Å²) < 4.78 is 0. The van der Waals surface area contributed by atoms with Crippen LogP contribution in [0.25, 0.3) is 0 Å². The number of rotatable bonds is 4. The van der Waals surface area contributed by atoms with Gasteiger partial charge in [-0.3, -0.25) is 4.79 Å². The van der Waals surface area contributed by atoms with Crippen LogP contribution in [0.2, 0.25) is 5.02 Å². The Morgan fingerprint density at radius 1 is 1.19 bits per heavy atom. The lowest BCUT2D eigenvalue weighted by Gasteiger charge is -2.23. The fraction of sp³-hybridized carbons (Fsp3) is 0.417. The van der Waals surface area contributed by atoms with Crippen molar-refractivity contribution in [1.82, 2.24) is 4.90 Å². The van der Waals surface area contributed by atoms with E-state index < -0.39 is 0 Å². The molecule has 1 rings (SSSR count). The molecule has 0 unspecified atom stereocenters.